The van der Waals surface area contributed by atoms with Crippen LogP contribution < -0.4 is 5.32 Å². The Morgan fingerprint density at radius 2 is 1.75 bits per heavy atom. The maximum Gasteiger partial charge on any atom is 0.253 e. The second-order valence-corrected chi connectivity index (χ2v) is 7.23. The van der Waals surface area contributed by atoms with Crippen molar-refractivity contribution in [2.45, 2.75) is 51.9 Å². The van der Waals surface area contributed by atoms with Gasteiger partial charge in [-0.15, -0.1) is 0 Å². The molecular formula is C19H25FN2O2. The number of nitrogens with zero attached hydrogens (tertiary/aromatic N) is 1. The van der Waals surface area contributed by atoms with Gasteiger partial charge in [0, 0.05) is 25.6 Å². The van der Waals surface area contributed by atoms with E-state index < -0.39 is 5.82 Å². The smallest absolute Gasteiger partial charge is 0.253 e. The van der Waals surface area contributed by atoms with Crippen molar-refractivity contribution in [2.75, 3.05) is 18.4 Å². The van der Waals surface area contributed by atoms with Crippen LogP contribution in [0.4, 0.5) is 10.1 Å². The SMILES string of the molecule is CC(=O)Nc1cc(C(=O)N2CCC3(CCCCC3)CC2)ccc1F. The molecule has 1 saturated carbocycles. The molecule has 1 aliphatic heterocycles. The van der Waals surface area contributed by atoms with Crippen LogP contribution in [0.15, 0.2) is 18.2 Å². The minimum atomic E-state index is -0.526. The minimum absolute atomic E-state index is 0.0640. The molecule has 2 amide bonds. The number of hydrogen-bond donors (Lipinski definition) is 1. The topological polar surface area (TPSA) is 49.4 Å². The van der Waals surface area contributed by atoms with Crippen LogP contribution in [-0.2, 0) is 4.79 Å². The average molecular weight is 332 g/mol. The normalized spacial score (nSPS) is 20.0. The van der Waals surface area contributed by atoms with E-state index in [-0.39, 0.29) is 17.5 Å². The average Bonchev–Trinajstić information content (AvgIpc) is 2.57. The number of halogens is 1. The third-order valence-electron chi connectivity index (χ3n) is 5.55. The molecule has 3 rings (SSSR count). The van der Waals surface area contributed by atoms with Gasteiger partial charge >= 0.3 is 0 Å². The van der Waals surface area contributed by atoms with Gasteiger partial charge in [0.25, 0.3) is 5.91 Å². The molecule has 1 aromatic rings. The summed E-state index contributed by atoms with van der Waals surface area (Å²) in [6, 6.07) is 4.17. The van der Waals surface area contributed by atoms with Gasteiger partial charge in [0.05, 0.1) is 5.69 Å². The van der Waals surface area contributed by atoms with Gasteiger partial charge in [-0.2, -0.15) is 0 Å². The van der Waals surface area contributed by atoms with Crippen LogP contribution in [0.1, 0.15) is 62.2 Å². The van der Waals surface area contributed by atoms with Crippen molar-refractivity contribution in [3.05, 3.63) is 29.6 Å². The Hall–Kier alpha value is -1.91. The molecule has 5 heteroatoms. The number of likely N-dealkylation sites (tertiary alicyclic amines) is 1. The van der Waals surface area contributed by atoms with E-state index in [1.165, 1.54) is 57.2 Å². The van der Waals surface area contributed by atoms with Gasteiger partial charge in [-0.05, 0) is 49.3 Å². The Kier molecular flexibility index (Phi) is 4.88. The standard InChI is InChI=1S/C19H25FN2O2/c1-14(23)21-17-13-15(5-6-16(17)20)18(24)22-11-9-19(10-12-22)7-3-2-4-8-19/h5-6,13H,2-4,7-12H2,1H3,(H,21,23). The fourth-order valence-electron chi connectivity index (χ4n) is 4.11. The lowest BCUT2D eigenvalue weighted by Crippen LogP contribution is -2.43. The predicted octanol–water partition coefficient (Wildman–Crippen LogP) is 3.97. The van der Waals surface area contributed by atoms with E-state index in [2.05, 4.69) is 5.32 Å². The number of carbonyl (C=O) groups excluding carboxylic acids is 2. The summed E-state index contributed by atoms with van der Waals surface area (Å²) in [6.07, 6.45) is 8.68. The first-order valence-corrected chi connectivity index (χ1v) is 8.86. The molecule has 24 heavy (non-hydrogen) atoms. The van der Waals surface area contributed by atoms with Crippen LogP contribution in [0.3, 0.4) is 0 Å². The Balaban J connectivity index is 1.68. The molecule has 1 spiro atoms. The fraction of sp³-hybridized carbons (Fsp3) is 0.579. The summed E-state index contributed by atoms with van der Waals surface area (Å²) in [4.78, 5) is 25.7. The Morgan fingerprint density at radius 1 is 1.08 bits per heavy atom. The molecule has 2 fully saturated rings. The maximum atomic E-state index is 13.7. The molecule has 1 saturated heterocycles. The van der Waals surface area contributed by atoms with Crippen LogP contribution in [0.5, 0.6) is 0 Å². The van der Waals surface area contributed by atoms with E-state index >= 15 is 0 Å². The van der Waals surface area contributed by atoms with Crippen molar-refractivity contribution in [3.8, 4) is 0 Å². The van der Waals surface area contributed by atoms with Crippen LogP contribution in [-0.4, -0.2) is 29.8 Å². The molecule has 1 aliphatic carbocycles. The number of benzene rings is 1. The highest BCUT2D eigenvalue weighted by atomic mass is 19.1. The van der Waals surface area contributed by atoms with E-state index in [9.17, 15) is 14.0 Å². The largest absolute Gasteiger partial charge is 0.339 e. The van der Waals surface area contributed by atoms with Gasteiger partial charge in [0.15, 0.2) is 0 Å². The van der Waals surface area contributed by atoms with E-state index in [1.54, 1.807) is 0 Å². The number of carbonyl (C=O) groups is 2. The first-order valence-electron chi connectivity index (χ1n) is 8.86. The van der Waals surface area contributed by atoms with Gasteiger partial charge in [0.2, 0.25) is 5.91 Å². The highest BCUT2D eigenvalue weighted by Crippen LogP contribution is 2.44. The second-order valence-electron chi connectivity index (χ2n) is 7.23. The van der Waals surface area contributed by atoms with Gasteiger partial charge < -0.3 is 10.2 Å². The van der Waals surface area contributed by atoms with Crippen LogP contribution in [0.2, 0.25) is 0 Å². The van der Waals surface area contributed by atoms with Gasteiger partial charge in [-0.25, -0.2) is 4.39 Å². The van der Waals surface area contributed by atoms with E-state index in [1.807, 2.05) is 4.90 Å². The molecule has 0 atom stereocenters. The van der Waals surface area contributed by atoms with Crippen LogP contribution >= 0.6 is 0 Å². The van der Waals surface area contributed by atoms with Gasteiger partial charge in [0.1, 0.15) is 5.82 Å². The summed E-state index contributed by atoms with van der Waals surface area (Å²) >= 11 is 0. The van der Waals surface area contributed by atoms with Gasteiger partial charge in [-0.1, -0.05) is 19.3 Å². The quantitative estimate of drug-likeness (QED) is 0.891. The lowest BCUT2D eigenvalue weighted by atomic mass is 9.68. The summed E-state index contributed by atoms with van der Waals surface area (Å²) in [5.74, 6) is -0.954. The first-order chi connectivity index (χ1) is 11.5. The van der Waals surface area contributed by atoms with E-state index in [0.29, 0.717) is 11.0 Å². The molecule has 0 radical (unpaired) electrons. The summed E-state index contributed by atoms with van der Waals surface area (Å²) in [6.45, 7) is 2.86. The number of anilines is 1. The highest BCUT2D eigenvalue weighted by Gasteiger charge is 2.36. The molecule has 2 aliphatic rings. The van der Waals surface area contributed by atoms with E-state index in [4.69, 9.17) is 0 Å². The van der Waals surface area contributed by atoms with Crippen LogP contribution in [0, 0.1) is 11.2 Å². The molecule has 0 unspecified atom stereocenters. The van der Waals surface area contributed by atoms with Crippen molar-refractivity contribution in [1.82, 2.24) is 4.90 Å². The van der Waals surface area contributed by atoms with E-state index in [0.717, 1.165) is 25.9 Å². The summed E-state index contributed by atoms with van der Waals surface area (Å²) in [5.41, 5.74) is 0.938. The zero-order chi connectivity index (χ0) is 17.2. The lowest BCUT2D eigenvalue weighted by Gasteiger charge is -2.44. The predicted molar refractivity (Wildman–Crippen MR) is 91.4 cm³/mol. The van der Waals surface area contributed by atoms with Crippen molar-refractivity contribution >= 4 is 17.5 Å². The van der Waals surface area contributed by atoms with Gasteiger partial charge in [-0.3, -0.25) is 9.59 Å². The minimum Gasteiger partial charge on any atom is -0.339 e. The van der Waals surface area contributed by atoms with Crippen molar-refractivity contribution in [2.24, 2.45) is 5.41 Å². The molecular weight excluding hydrogens is 307 g/mol. The zero-order valence-corrected chi connectivity index (χ0v) is 14.2. The number of nitrogens with one attached hydrogen (secondary N) is 1. The molecule has 130 valence electrons. The number of rotatable bonds is 2. The first kappa shape index (κ1) is 16.9. The molecule has 1 aromatic carbocycles. The second kappa shape index (κ2) is 6.91. The number of hydrogen-bond acceptors (Lipinski definition) is 2. The third kappa shape index (κ3) is 3.60. The monoisotopic (exact) mass is 332 g/mol. The zero-order valence-electron chi connectivity index (χ0n) is 14.2. The van der Waals surface area contributed by atoms with Crippen molar-refractivity contribution < 1.29 is 14.0 Å². The Morgan fingerprint density at radius 3 is 2.38 bits per heavy atom. The van der Waals surface area contributed by atoms with Crippen molar-refractivity contribution in [3.63, 3.8) is 0 Å². The fourth-order valence-corrected chi connectivity index (χ4v) is 4.11. The Labute approximate surface area is 142 Å². The molecule has 0 bridgehead atoms. The summed E-state index contributed by atoms with van der Waals surface area (Å²) < 4.78 is 13.7. The molecule has 0 aromatic heterocycles. The lowest BCUT2D eigenvalue weighted by molar-refractivity contribution is -0.114. The Bertz CT molecular complexity index is 628. The highest BCUT2D eigenvalue weighted by molar-refractivity contribution is 5.97. The molecule has 1 heterocycles. The summed E-state index contributed by atoms with van der Waals surface area (Å²) in [7, 11) is 0. The summed E-state index contributed by atoms with van der Waals surface area (Å²) in [5, 5.41) is 2.43. The number of piperidine rings is 1. The third-order valence-corrected chi connectivity index (χ3v) is 5.55. The molecule has 1 N–H and O–H groups in total. The van der Waals surface area contributed by atoms with Crippen LogP contribution in [0.25, 0.3) is 0 Å². The maximum absolute atomic E-state index is 13.7. The number of amides is 2. The molecule has 4 nitrogen and oxygen atoms in total. The van der Waals surface area contributed by atoms with Crippen molar-refractivity contribution in [1.29, 1.82) is 0 Å².